The average Bonchev–Trinajstić information content (AvgIpc) is 2.48. The number of carbonyl (C=O) groups excluding carboxylic acids is 1. The van der Waals surface area contributed by atoms with Crippen LogP contribution in [0.2, 0.25) is 19.1 Å². The summed E-state index contributed by atoms with van der Waals surface area (Å²) in [5.41, 5.74) is 0. The fraction of sp³-hybridized carbons (Fsp3) is 0.909. The molecule has 0 radical (unpaired) electrons. The Morgan fingerprint density at radius 2 is 2.21 bits per heavy atom. The standard InChI is InChI=1S/C11H22O2Si/c1-4-5-9-14(2,3)13-11-8-6-7-10(11)12/h11H,4-9H2,1-3H3. The molecule has 0 aromatic carbocycles. The Hall–Kier alpha value is -0.153. The summed E-state index contributed by atoms with van der Waals surface area (Å²) in [4.78, 5) is 11.4. The van der Waals surface area contributed by atoms with Gasteiger partial charge in [-0.15, -0.1) is 0 Å². The van der Waals surface area contributed by atoms with Crippen molar-refractivity contribution in [3.05, 3.63) is 0 Å². The number of Topliss-reactive ketones (excluding diaryl/α,β-unsaturated/α-hetero) is 1. The second kappa shape index (κ2) is 5.08. The molecular weight excluding hydrogens is 192 g/mol. The van der Waals surface area contributed by atoms with Gasteiger partial charge in [0.15, 0.2) is 14.1 Å². The van der Waals surface area contributed by atoms with E-state index < -0.39 is 8.32 Å². The zero-order chi connectivity index (χ0) is 10.6. The van der Waals surface area contributed by atoms with Crippen LogP contribution in [-0.4, -0.2) is 20.2 Å². The van der Waals surface area contributed by atoms with Gasteiger partial charge in [-0.2, -0.15) is 0 Å². The third-order valence-electron chi connectivity index (χ3n) is 2.84. The van der Waals surface area contributed by atoms with Crippen LogP contribution in [0, 0.1) is 0 Å². The number of hydrogen-bond donors (Lipinski definition) is 0. The number of rotatable bonds is 5. The van der Waals surface area contributed by atoms with E-state index in [2.05, 4.69) is 20.0 Å². The molecule has 0 amide bonds. The van der Waals surface area contributed by atoms with Crippen molar-refractivity contribution in [2.24, 2.45) is 0 Å². The highest BCUT2D eigenvalue weighted by Gasteiger charge is 2.32. The summed E-state index contributed by atoms with van der Waals surface area (Å²) in [6.07, 6.45) is 5.14. The summed E-state index contributed by atoms with van der Waals surface area (Å²) in [6.45, 7) is 6.66. The molecule has 82 valence electrons. The Morgan fingerprint density at radius 1 is 1.50 bits per heavy atom. The Bertz CT molecular complexity index is 201. The van der Waals surface area contributed by atoms with Crippen LogP contribution in [0.5, 0.6) is 0 Å². The molecular formula is C11H22O2Si. The monoisotopic (exact) mass is 214 g/mol. The van der Waals surface area contributed by atoms with Crippen LogP contribution >= 0.6 is 0 Å². The van der Waals surface area contributed by atoms with E-state index in [-0.39, 0.29) is 6.10 Å². The molecule has 1 fully saturated rings. The van der Waals surface area contributed by atoms with Crippen molar-refractivity contribution in [3.63, 3.8) is 0 Å². The highest BCUT2D eigenvalue weighted by Crippen LogP contribution is 2.24. The zero-order valence-corrected chi connectivity index (χ0v) is 10.6. The maximum Gasteiger partial charge on any atom is 0.187 e. The second-order valence-corrected chi connectivity index (χ2v) is 9.08. The lowest BCUT2D eigenvalue weighted by Crippen LogP contribution is -2.37. The summed E-state index contributed by atoms with van der Waals surface area (Å²) in [5, 5.41) is 0. The first-order valence-corrected chi connectivity index (χ1v) is 8.87. The van der Waals surface area contributed by atoms with Gasteiger partial charge < -0.3 is 4.43 Å². The fourth-order valence-corrected chi connectivity index (χ4v) is 4.30. The normalized spacial score (nSPS) is 23.1. The van der Waals surface area contributed by atoms with Gasteiger partial charge in [-0.3, -0.25) is 4.79 Å². The van der Waals surface area contributed by atoms with Gasteiger partial charge in [0.25, 0.3) is 0 Å². The van der Waals surface area contributed by atoms with E-state index in [1.807, 2.05) is 0 Å². The number of unbranched alkanes of at least 4 members (excludes halogenated alkanes) is 1. The van der Waals surface area contributed by atoms with Gasteiger partial charge in [-0.25, -0.2) is 0 Å². The molecule has 1 unspecified atom stereocenters. The number of hydrogen-bond acceptors (Lipinski definition) is 2. The minimum Gasteiger partial charge on any atom is -0.407 e. The quantitative estimate of drug-likeness (QED) is 0.657. The Kier molecular flexibility index (Phi) is 4.32. The van der Waals surface area contributed by atoms with Gasteiger partial charge in [-0.05, 0) is 32.0 Å². The first-order chi connectivity index (χ1) is 6.55. The van der Waals surface area contributed by atoms with Crippen molar-refractivity contribution in [2.75, 3.05) is 0 Å². The minimum atomic E-state index is -1.55. The molecule has 1 saturated carbocycles. The van der Waals surface area contributed by atoms with Crippen molar-refractivity contribution in [2.45, 2.75) is 64.3 Å². The van der Waals surface area contributed by atoms with Gasteiger partial charge in [0.05, 0.1) is 0 Å². The van der Waals surface area contributed by atoms with E-state index in [1.165, 1.54) is 18.9 Å². The van der Waals surface area contributed by atoms with Crippen LogP contribution in [0.3, 0.4) is 0 Å². The lowest BCUT2D eigenvalue weighted by molar-refractivity contribution is -0.123. The van der Waals surface area contributed by atoms with Gasteiger partial charge in [0.2, 0.25) is 0 Å². The van der Waals surface area contributed by atoms with E-state index in [4.69, 9.17) is 4.43 Å². The molecule has 0 N–H and O–H groups in total. The van der Waals surface area contributed by atoms with Crippen molar-refractivity contribution in [3.8, 4) is 0 Å². The molecule has 1 atom stereocenters. The van der Waals surface area contributed by atoms with E-state index in [0.717, 1.165) is 19.3 Å². The fourth-order valence-electron chi connectivity index (χ4n) is 1.95. The third kappa shape index (κ3) is 3.54. The van der Waals surface area contributed by atoms with Crippen LogP contribution in [0.1, 0.15) is 39.0 Å². The lowest BCUT2D eigenvalue weighted by Gasteiger charge is -2.26. The van der Waals surface area contributed by atoms with E-state index in [9.17, 15) is 4.79 Å². The summed E-state index contributed by atoms with van der Waals surface area (Å²) < 4.78 is 6.00. The second-order valence-electron chi connectivity index (χ2n) is 4.83. The predicted octanol–water partition coefficient (Wildman–Crippen LogP) is 3.13. The molecule has 2 nitrogen and oxygen atoms in total. The van der Waals surface area contributed by atoms with Crippen molar-refractivity contribution in [1.82, 2.24) is 0 Å². The van der Waals surface area contributed by atoms with Gasteiger partial charge in [-0.1, -0.05) is 19.8 Å². The number of ketones is 1. The molecule has 0 saturated heterocycles. The molecule has 0 aliphatic heterocycles. The van der Waals surface area contributed by atoms with Crippen LogP contribution in [-0.2, 0) is 9.22 Å². The Labute approximate surface area is 88.2 Å². The maximum absolute atomic E-state index is 11.4. The minimum absolute atomic E-state index is 0.0477. The molecule has 1 rings (SSSR count). The van der Waals surface area contributed by atoms with Crippen molar-refractivity contribution in [1.29, 1.82) is 0 Å². The van der Waals surface area contributed by atoms with Crippen LogP contribution in [0.15, 0.2) is 0 Å². The van der Waals surface area contributed by atoms with Gasteiger partial charge >= 0.3 is 0 Å². The van der Waals surface area contributed by atoms with Crippen molar-refractivity contribution < 1.29 is 9.22 Å². The average molecular weight is 214 g/mol. The molecule has 14 heavy (non-hydrogen) atoms. The third-order valence-corrected chi connectivity index (χ3v) is 5.32. The summed E-state index contributed by atoms with van der Waals surface area (Å²) in [7, 11) is -1.55. The lowest BCUT2D eigenvalue weighted by atomic mass is 10.3. The highest BCUT2D eigenvalue weighted by molar-refractivity contribution is 6.71. The molecule has 0 aromatic rings. The molecule has 0 aromatic heterocycles. The SMILES string of the molecule is CCCC[Si](C)(C)OC1CCCC1=O. The first-order valence-electron chi connectivity index (χ1n) is 5.76. The molecule has 0 bridgehead atoms. The maximum atomic E-state index is 11.4. The first kappa shape index (κ1) is 11.9. The van der Waals surface area contributed by atoms with Crippen LogP contribution in [0.4, 0.5) is 0 Å². The molecule has 1 aliphatic rings. The molecule has 0 spiro atoms. The van der Waals surface area contributed by atoms with Crippen LogP contribution in [0.25, 0.3) is 0 Å². The van der Waals surface area contributed by atoms with Gasteiger partial charge in [0.1, 0.15) is 6.10 Å². The smallest absolute Gasteiger partial charge is 0.187 e. The summed E-state index contributed by atoms with van der Waals surface area (Å²) >= 11 is 0. The Morgan fingerprint density at radius 3 is 2.71 bits per heavy atom. The summed E-state index contributed by atoms with van der Waals surface area (Å²) in [5.74, 6) is 0.335. The Balaban J connectivity index is 2.37. The van der Waals surface area contributed by atoms with Crippen LogP contribution < -0.4 is 0 Å². The highest BCUT2D eigenvalue weighted by atomic mass is 28.4. The molecule has 0 heterocycles. The van der Waals surface area contributed by atoms with E-state index in [0.29, 0.717) is 5.78 Å². The van der Waals surface area contributed by atoms with E-state index in [1.54, 1.807) is 0 Å². The van der Waals surface area contributed by atoms with Gasteiger partial charge in [0, 0.05) is 6.42 Å². The zero-order valence-electron chi connectivity index (χ0n) is 9.64. The predicted molar refractivity (Wildman–Crippen MR) is 60.9 cm³/mol. The topological polar surface area (TPSA) is 26.3 Å². The summed E-state index contributed by atoms with van der Waals surface area (Å²) in [6, 6.07) is 1.19. The number of carbonyl (C=O) groups is 1. The largest absolute Gasteiger partial charge is 0.407 e. The molecule has 3 heteroatoms. The molecule has 1 aliphatic carbocycles. The van der Waals surface area contributed by atoms with Crippen molar-refractivity contribution >= 4 is 14.1 Å². The van der Waals surface area contributed by atoms with E-state index >= 15 is 0 Å².